The second kappa shape index (κ2) is 6.64. The van der Waals surface area contributed by atoms with Crippen LogP contribution in [0.1, 0.15) is 38.7 Å². The van der Waals surface area contributed by atoms with E-state index in [1.807, 2.05) is 13.0 Å². The third kappa shape index (κ3) is 4.15. The summed E-state index contributed by atoms with van der Waals surface area (Å²) >= 11 is 0. The van der Waals surface area contributed by atoms with Gasteiger partial charge in [-0.2, -0.15) is 5.10 Å². The molecule has 1 aliphatic carbocycles. The molecule has 20 heavy (non-hydrogen) atoms. The van der Waals surface area contributed by atoms with Crippen LogP contribution in [0.5, 0.6) is 0 Å². The number of halogens is 1. The Hall–Kier alpha value is -1.71. The van der Waals surface area contributed by atoms with Crippen LogP contribution in [-0.4, -0.2) is 14.8 Å². The third-order valence-corrected chi connectivity index (χ3v) is 3.22. The van der Waals surface area contributed by atoms with E-state index in [2.05, 4.69) is 23.9 Å². The summed E-state index contributed by atoms with van der Waals surface area (Å²) < 4.78 is 15.4. The molecule has 3 nitrogen and oxygen atoms in total. The van der Waals surface area contributed by atoms with E-state index >= 15 is 0 Å². The van der Waals surface area contributed by atoms with Crippen LogP contribution < -0.4 is 0 Å². The summed E-state index contributed by atoms with van der Waals surface area (Å²) in [5.74, 6) is 1.26. The average Bonchev–Trinajstić information content (AvgIpc) is 3.04. The smallest absolute Gasteiger partial charge is 0.184 e. The highest BCUT2D eigenvalue weighted by Gasteiger charge is 2.12. The van der Waals surface area contributed by atoms with Crippen molar-refractivity contribution in [2.45, 2.75) is 46.6 Å². The maximum absolute atomic E-state index is 13.6. The molecule has 0 atom stereocenters. The topological polar surface area (TPSA) is 30.7 Å². The SMILES string of the molecule is CC1CC1.CCCn1cnc(-c2ccc(C)cc2F)n1. The fraction of sp³-hybridized carbons (Fsp3) is 0.500. The Morgan fingerprint density at radius 2 is 2.05 bits per heavy atom. The highest BCUT2D eigenvalue weighted by molar-refractivity contribution is 5.55. The maximum Gasteiger partial charge on any atom is 0.184 e. The van der Waals surface area contributed by atoms with Crippen LogP contribution in [-0.2, 0) is 6.54 Å². The van der Waals surface area contributed by atoms with Gasteiger partial charge in [-0.1, -0.05) is 32.8 Å². The lowest BCUT2D eigenvalue weighted by atomic mass is 10.1. The lowest BCUT2D eigenvalue weighted by molar-refractivity contribution is 0.600. The summed E-state index contributed by atoms with van der Waals surface area (Å²) in [5.41, 5.74) is 1.36. The van der Waals surface area contributed by atoms with Crippen LogP contribution in [0.15, 0.2) is 24.5 Å². The fourth-order valence-electron chi connectivity index (χ4n) is 1.72. The van der Waals surface area contributed by atoms with Crippen molar-refractivity contribution in [3.05, 3.63) is 35.9 Å². The Labute approximate surface area is 119 Å². The van der Waals surface area contributed by atoms with Gasteiger partial charge in [-0.25, -0.2) is 9.37 Å². The lowest BCUT2D eigenvalue weighted by Crippen LogP contribution is -1.97. The van der Waals surface area contributed by atoms with Gasteiger partial charge in [0.1, 0.15) is 12.1 Å². The molecular weight excluding hydrogens is 253 g/mol. The standard InChI is InChI=1S/C12H14FN3.C4H8/c1-3-6-16-8-14-12(15-16)10-5-4-9(2)7-11(10)13;1-4-2-3-4/h4-5,7-8H,3,6H2,1-2H3;4H,2-3H2,1H3. The van der Waals surface area contributed by atoms with Gasteiger partial charge in [0, 0.05) is 6.54 Å². The Morgan fingerprint density at radius 1 is 1.35 bits per heavy atom. The summed E-state index contributed by atoms with van der Waals surface area (Å²) in [6.07, 6.45) is 5.59. The summed E-state index contributed by atoms with van der Waals surface area (Å²) in [7, 11) is 0. The molecule has 0 spiro atoms. The van der Waals surface area contributed by atoms with Crippen molar-refractivity contribution >= 4 is 0 Å². The van der Waals surface area contributed by atoms with Crippen molar-refractivity contribution < 1.29 is 4.39 Å². The number of benzene rings is 1. The van der Waals surface area contributed by atoms with Crippen molar-refractivity contribution in [3.8, 4) is 11.4 Å². The minimum Gasteiger partial charge on any atom is -0.252 e. The quantitative estimate of drug-likeness (QED) is 0.839. The number of aryl methyl sites for hydroxylation is 2. The van der Waals surface area contributed by atoms with Gasteiger partial charge in [-0.15, -0.1) is 0 Å². The number of rotatable bonds is 3. The van der Waals surface area contributed by atoms with Gasteiger partial charge in [-0.05, 0) is 37.0 Å². The zero-order valence-electron chi connectivity index (χ0n) is 12.4. The van der Waals surface area contributed by atoms with Crippen molar-refractivity contribution in [3.63, 3.8) is 0 Å². The van der Waals surface area contributed by atoms with E-state index < -0.39 is 0 Å². The molecule has 2 aromatic rings. The zero-order valence-corrected chi connectivity index (χ0v) is 12.4. The van der Waals surface area contributed by atoms with E-state index in [1.165, 1.54) is 18.9 Å². The molecule has 1 fully saturated rings. The Bertz CT molecular complexity index is 559. The molecule has 0 amide bonds. The van der Waals surface area contributed by atoms with Crippen LogP contribution in [0.3, 0.4) is 0 Å². The molecule has 1 saturated carbocycles. The first-order chi connectivity index (χ1) is 9.60. The van der Waals surface area contributed by atoms with Crippen molar-refractivity contribution in [1.82, 2.24) is 14.8 Å². The van der Waals surface area contributed by atoms with E-state index in [-0.39, 0.29) is 5.82 Å². The number of hydrogen-bond donors (Lipinski definition) is 0. The third-order valence-electron chi connectivity index (χ3n) is 3.22. The zero-order chi connectivity index (χ0) is 14.5. The van der Waals surface area contributed by atoms with Crippen LogP contribution >= 0.6 is 0 Å². The molecule has 1 aromatic heterocycles. The van der Waals surface area contributed by atoms with E-state index in [9.17, 15) is 4.39 Å². The van der Waals surface area contributed by atoms with Crippen molar-refractivity contribution in [1.29, 1.82) is 0 Å². The van der Waals surface area contributed by atoms with E-state index in [4.69, 9.17) is 0 Å². The summed E-state index contributed by atoms with van der Waals surface area (Å²) in [4.78, 5) is 4.11. The van der Waals surface area contributed by atoms with Gasteiger partial charge in [0.25, 0.3) is 0 Å². The Balaban J connectivity index is 0.000000315. The van der Waals surface area contributed by atoms with Gasteiger partial charge < -0.3 is 0 Å². The lowest BCUT2D eigenvalue weighted by Gasteiger charge is -1.99. The Morgan fingerprint density at radius 3 is 2.60 bits per heavy atom. The normalized spacial score (nSPS) is 13.8. The van der Waals surface area contributed by atoms with Gasteiger partial charge in [0.15, 0.2) is 5.82 Å². The van der Waals surface area contributed by atoms with E-state index in [0.29, 0.717) is 11.4 Å². The van der Waals surface area contributed by atoms with Crippen LogP contribution in [0.4, 0.5) is 4.39 Å². The first-order valence-corrected chi connectivity index (χ1v) is 7.26. The van der Waals surface area contributed by atoms with Crippen LogP contribution in [0, 0.1) is 18.7 Å². The molecule has 4 heteroatoms. The Kier molecular flexibility index (Phi) is 4.88. The minimum absolute atomic E-state index is 0.269. The molecule has 0 N–H and O–H groups in total. The van der Waals surface area contributed by atoms with E-state index in [1.54, 1.807) is 17.1 Å². The predicted octanol–water partition coefficient (Wildman–Crippen LogP) is 4.22. The highest BCUT2D eigenvalue weighted by Crippen LogP contribution is 2.26. The molecule has 0 unspecified atom stereocenters. The number of nitrogens with zero attached hydrogens (tertiary/aromatic N) is 3. The summed E-state index contributed by atoms with van der Waals surface area (Å²) in [6, 6.07) is 5.07. The minimum atomic E-state index is -0.269. The van der Waals surface area contributed by atoms with Gasteiger partial charge in [0.2, 0.25) is 0 Å². The van der Waals surface area contributed by atoms with Crippen molar-refractivity contribution in [2.75, 3.05) is 0 Å². The first-order valence-electron chi connectivity index (χ1n) is 7.26. The number of hydrogen-bond acceptors (Lipinski definition) is 2. The van der Waals surface area contributed by atoms with Gasteiger partial charge in [0.05, 0.1) is 5.56 Å². The molecule has 1 heterocycles. The fourth-order valence-corrected chi connectivity index (χ4v) is 1.72. The largest absolute Gasteiger partial charge is 0.252 e. The first kappa shape index (κ1) is 14.7. The molecule has 0 bridgehead atoms. The molecule has 1 aliphatic rings. The van der Waals surface area contributed by atoms with Gasteiger partial charge >= 0.3 is 0 Å². The van der Waals surface area contributed by atoms with Gasteiger partial charge in [-0.3, -0.25) is 4.68 Å². The molecule has 0 saturated heterocycles. The van der Waals surface area contributed by atoms with Crippen molar-refractivity contribution in [2.24, 2.45) is 5.92 Å². The van der Waals surface area contributed by atoms with Crippen LogP contribution in [0.2, 0.25) is 0 Å². The number of aromatic nitrogens is 3. The van der Waals surface area contributed by atoms with Crippen LogP contribution in [0.25, 0.3) is 11.4 Å². The molecule has 1 aromatic carbocycles. The predicted molar refractivity (Wildman–Crippen MR) is 78.8 cm³/mol. The molecule has 0 radical (unpaired) electrons. The molecule has 0 aliphatic heterocycles. The monoisotopic (exact) mass is 275 g/mol. The molecular formula is C16H22FN3. The molecule has 108 valence electrons. The van der Waals surface area contributed by atoms with E-state index in [0.717, 1.165) is 24.4 Å². The maximum atomic E-state index is 13.6. The molecule has 3 rings (SSSR count). The summed E-state index contributed by atoms with van der Waals surface area (Å²) in [6.45, 7) is 7.00. The second-order valence-corrected chi connectivity index (χ2v) is 5.50. The second-order valence-electron chi connectivity index (χ2n) is 5.50. The summed E-state index contributed by atoms with van der Waals surface area (Å²) in [5, 5.41) is 4.23. The average molecular weight is 275 g/mol. The highest BCUT2D eigenvalue weighted by atomic mass is 19.1.